The van der Waals surface area contributed by atoms with E-state index in [1.165, 1.54) is 11.6 Å². The minimum Gasteiger partial charge on any atom is -0.247 e. The van der Waals surface area contributed by atoms with E-state index >= 15 is 0 Å². The van der Waals surface area contributed by atoms with E-state index in [1.54, 1.807) is 0 Å². The quantitative estimate of drug-likeness (QED) is 0.737. The first-order chi connectivity index (χ1) is 5.88. The van der Waals surface area contributed by atoms with Gasteiger partial charge in [0, 0.05) is 0 Å². The molecule has 1 aromatic heterocycles. The second kappa shape index (κ2) is 5.54. The van der Waals surface area contributed by atoms with Crippen molar-refractivity contribution < 1.29 is 4.57 Å². The number of aromatic nitrogens is 2. The molecule has 0 radical (unpaired) electrons. The molecular weight excluding hydrogens is 188 g/mol. The van der Waals surface area contributed by atoms with Gasteiger partial charge in [-0.15, -0.1) is 23.5 Å². The summed E-state index contributed by atoms with van der Waals surface area (Å²) < 4.78 is 2.26. The number of thioether (sulfide) groups is 2. The predicted octanol–water partition coefficient (Wildman–Crippen LogP) is 1.88. The van der Waals surface area contributed by atoms with Gasteiger partial charge in [-0.2, -0.15) is 0 Å². The van der Waals surface area contributed by atoms with E-state index in [0.29, 0.717) is 0 Å². The number of aromatic amines is 1. The lowest BCUT2D eigenvalue weighted by atomic mass is 10.7. The van der Waals surface area contributed by atoms with Gasteiger partial charge in [0.25, 0.3) is 5.82 Å². The predicted molar refractivity (Wildman–Crippen MR) is 56.3 cm³/mol. The number of nitrogens with zero attached hydrogens (tertiary/aromatic N) is 1. The molecule has 0 aliphatic rings. The lowest BCUT2D eigenvalue weighted by Gasteiger charge is -1.96. The third kappa shape index (κ3) is 2.75. The zero-order chi connectivity index (χ0) is 8.81. The third-order valence-corrected chi connectivity index (χ3v) is 2.98. The molecule has 4 heteroatoms. The van der Waals surface area contributed by atoms with Crippen LogP contribution in [0.25, 0.3) is 0 Å². The van der Waals surface area contributed by atoms with Crippen molar-refractivity contribution in [2.75, 3.05) is 12.0 Å². The fourth-order valence-electron chi connectivity index (χ4n) is 0.980. The minimum atomic E-state index is 1.04. The van der Waals surface area contributed by atoms with E-state index < -0.39 is 0 Å². The maximum Gasteiger partial charge on any atom is 0.265 e. The van der Waals surface area contributed by atoms with Gasteiger partial charge in [0.15, 0.2) is 0 Å². The first-order valence-corrected chi connectivity index (χ1v) is 6.55. The van der Waals surface area contributed by atoms with Gasteiger partial charge in [-0.1, -0.05) is 6.92 Å². The van der Waals surface area contributed by atoms with Crippen LogP contribution in [0, 0.1) is 0 Å². The van der Waals surface area contributed by atoms with E-state index in [1.807, 2.05) is 29.7 Å². The highest BCUT2D eigenvalue weighted by Crippen LogP contribution is 2.06. The average Bonchev–Trinajstić information content (AvgIpc) is 2.50. The Morgan fingerprint density at radius 2 is 2.42 bits per heavy atom. The molecule has 12 heavy (non-hydrogen) atoms. The topological polar surface area (TPSA) is 19.7 Å². The minimum absolute atomic E-state index is 1.04. The molecule has 1 aromatic rings. The summed E-state index contributed by atoms with van der Waals surface area (Å²) >= 11 is 3.79. The highest BCUT2D eigenvalue weighted by molar-refractivity contribution is 7.98. The molecule has 1 heterocycles. The summed E-state index contributed by atoms with van der Waals surface area (Å²) in [5.74, 6) is 4.63. The van der Waals surface area contributed by atoms with Crippen LogP contribution in [0.2, 0.25) is 0 Å². The van der Waals surface area contributed by atoms with Crippen LogP contribution in [-0.4, -0.2) is 17.0 Å². The van der Waals surface area contributed by atoms with Crippen LogP contribution >= 0.6 is 23.5 Å². The van der Waals surface area contributed by atoms with Gasteiger partial charge in [0.05, 0.1) is 5.75 Å². The maximum absolute atomic E-state index is 3.25. The van der Waals surface area contributed by atoms with Crippen LogP contribution in [0.15, 0.2) is 12.4 Å². The van der Waals surface area contributed by atoms with Gasteiger partial charge in [-0.3, -0.25) is 0 Å². The van der Waals surface area contributed by atoms with Crippen molar-refractivity contribution in [2.24, 2.45) is 0 Å². The number of nitrogens with one attached hydrogen (secondary N) is 1. The molecular formula is C8H15N2S2+. The summed E-state index contributed by atoms with van der Waals surface area (Å²) in [7, 11) is 0. The Morgan fingerprint density at radius 3 is 3.08 bits per heavy atom. The molecule has 0 fully saturated rings. The molecule has 2 nitrogen and oxygen atoms in total. The first kappa shape index (κ1) is 9.99. The molecule has 0 aromatic carbocycles. The molecule has 1 N–H and O–H groups in total. The summed E-state index contributed by atoms with van der Waals surface area (Å²) in [6.45, 7) is 2.19. The van der Waals surface area contributed by atoms with E-state index in [-0.39, 0.29) is 0 Å². The van der Waals surface area contributed by atoms with Crippen LogP contribution in [0.4, 0.5) is 0 Å². The third-order valence-electron chi connectivity index (χ3n) is 1.56. The summed E-state index contributed by atoms with van der Waals surface area (Å²) in [6, 6.07) is 0. The van der Waals surface area contributed by atoms with Crippen molar-refractivity contribution in [1.82, 2.24) is 4.98 Å². The Bertz CT molecular complexity index is 223. The summed E-state index contributed by atoms with van der Waals surface area (Å²) in [6.07, 6.45) is 6.22. The molecule has 0 spiro atoms. The van der Waals surface area contributed by atoms with E-state index in [9.17, 15) is 0 Å². The Morgan fingerprint density at radius 1 is 1.58 bits per heavy atom. The van der Waals surface area contributed by atoms with Gasteiger partial charge < -0.3 is 0 Å². The highest BCUT2D eigenvalue weighted by Gasteiger charge is 2.08. The SMILES string of the molecule is CCSCc1[nH]cc[n+]1CSC. The number of rotatable bonds is 5. The van der Waals surface area contributed by atoms with Crippen molar-refractivity contribution in [3.8, 4) is 0 Å². The molecule has 0 saturated heterocycles. The van der Waals surface area contributed by atoms with Crippen molar-refractivity contribution in [3.05, 3.63) is 18.2 Å². The van der Waals surface area contributed by atoms with Crippen LogP contribution in [0.3, 0.4) is 0 Å². The monoisotopic (exact) mass is 203 g/mol. The van der Waals surface area contributed by atoms with Crippen molar-refractivity contribution in [2.45, 2.75) is 18.6 Å². The average molecular weight is 203 g/mol. The Kier molecular flexibility index (Phi) is 4.61. The maximum atomic E-state index is 3.25. The zero-order valence-electron chi connectivity index (χ0n) is 7.54. The van der Waals surface area contributed by atoms with Gasteiger partial charge >= 0.3 is 0 Å². The summed E-state index contributed by atoms with van der Waals surface area (Å²) in [5.41, 5.74) is 0. The molecule has 0 aliphatic carbocycles. The van der Waals surface area contributed by atoms with Gasteiger partial charge in [-0.25, -0.2) is 9.55 Å². The zero-order valence-corrected chi connectivity index (χ0v) is 9.17. The number of hydrogen-bond acceptors (Lipinski definition) is 2. The van der Waals surface area contributed by atoms with E-state index in [0.717, 1.165) is 11.6 Å². The summed E-state index contributed by atoms with van der Waals surface area (Å²) in [5, 5.41) is 0. The molecule has 0 unspecified atom stereocenters. The van der Waals surface area contributed by atoms with Gasteiger partial charge in [-0.05, 0) is 12.0 Å². The number of H-pyrrole nitrogens is 1. The standard InChI is InChI=1S/C8H14N2S2/c1-3-12-6-8-9-4-5-10(8)7-11-2/h4-5H,3,6-7H2,1-2H3/p+1. The Labute approximate surface area is 82.1 Å². The first-order valence-electron chi connectivity index (χ1n) is 4.00. The number of imidazole rings is 1. The van der Waals surface area contributed by atoms with E-state index in [4.69, 9.17) is 0 Å². The lowest BCUT2D eigenvalue weighted by Crippen LogP contribution is -2.34. The van der Waals surface area contributed by atoms with Gasteiger partial charge in [0.2, 0.25) is 0 Å². The van der Waals surface area contributed by atoms with Crippen LogP contribution in [-0.2, 0) is 11.6 Å². The van der Waals surface area contributed by atoms with Crippen LogP contribution in [0.1, 0.15) is 12.7 Å². The molecule has 68 valence electrons. The molecule has 0 saturated carbocycles. The fraction of sp³-hybridized carbons (Fsp3) is 0.625. The second-order valence-electron chi connectivity index (χ2n) is 2.43. The molecule has 0 bridgehead atoms. The molecule has 0 atom stereocenters. The normalized spacial score (nSPS) is 10.5. The van der Waals surface area contributed by atoms with Crippen molar-refractivity contribution in [1.29, 1.82) is 0 Å². The fourth-order valence-corrected chi connectivity index (χ4v) is 2.15. The Balaban J connectivity index is 2.51. The smallest absolute Gasteiger partial charge is 0.247 e. The number of hydrogen-bond donors (Lipinski definition) is 1. The van der Waals surface area contributed by atoms with Crippen LogP contribution < -0.4 is 4.57 Å². The molecule has 0 amide bonds. The van der Waals surface area contributed by atoms with E-state index in [2.05, 4.69) is 28.9 Å². The second-order valence-corrected chi connectivity index (χ2v) is 4.54. The summed E-state index contributed by atoms with van der Waals surface area (Å²) in [4.78, 5) is 3.25. The lowest BCUT2D eigenvalue weighted by molar-refractivity contribution is -0.681. The van der Waals surface area contributed by atoms with Gasteiger partial charge in [0.1, 0.15) is 18.3 Å². The molecule has 1 rings (SSSR count). The van der Waals surface area contributed by atoms with Crippen LogP contribution in [0.5, 0.6) is 0 Å². The van der Waals surface area contributed by atoms with Crippen molar-refractivity contribution >= 4 is 23.5 Å². The Hall–Kier alpha value is -0.0900. The molecule has 0 aliphatic heterocycles. The highest BCUT2D eigenvalue weighted by atomic mass is 32.2. The largest absolute Gasteiger partial charge is 0.265 e. The van der Waals surface area contributed by atoms with Crippen molar-refractivity contribution in [3.63, 3.8) is 0 Å².